The summed E-state index contributed by atoms with van der Waals surface area (Å²) in [4.78, 5) is 33.2. The first-order chi connectivity index (χ1) is 14.2. The van der Waals surface area contributed by atoms with Gasteiger partial charge in [0, 0.05) is 32.4 Å². The number of rotatable bonds is 4. The summed E-state index contributed by atoms with van der Waals surface area (Å²) >= 11 is 0. The van der Waals surface area contributed by atoms with Gasteiger partial charge in [-0.2, -0.15) is 4.98 Å². The van der Waals surface area contributed by atoms with Crippen LogP contribution in [0.4, 0.5) is 11.6 Å². The molecule has 7 heteroatoms. The SMILES string of the molecule is Cc1ccc(N2C[C@H](C)Cn3c2nc2c3c(=O)n(CCC(C)C)c(=O)n2C)cc1C. The number of hydrogen-bond donors (Lipinski definition) is 0. The lowest BCUT2D eigenvalue weighted by Crippen LogP contribution is -2.40. The van der Waals surface area contributed by atoms with Gasteiger partial charge in [-0.1, -0.05) is 26.8 Å². The van der Waals surface area contributed by atoms with Crippen molar-refractivity contribution >= 4 is 22.8 Å². The Hall–Kier alpha value is -2.83. The van der Waals surface area contributed by atoms with Crippen LogP contribution in [-0.2, 0) is 20.1 Å². The van der Waals surface area contributed by atoms with Gasteiger partial charge in [-0.25, -0.2) is 4.79 Å². The molecule has 0 unspecified atom stereocenters. The van der Waals surface area contributed by atoms with E-state index < -0.39 is 0 Å². The minimum Gasteiger partial charge on any atom is -0.312 e. The van der Waals surface area contributed by atoms with Gasteiger partial charge in [0.15, 0.2) is 11.2 Å². The largest absolute Gasteiger partial charge is 0.332 e. The molecule has 3 heterocycles. The third-order valence-electron chi connectivity index (χ3n) is 6.17. The number of aromatic nitrogens is 4. The average Bonchev–Trinajstić information content (AvgIpc) is 3.07. The molecule has 2 aromatic heterocycles. The lowest BCUT2D eigenvalue weighted by Gasteiger charge is -2.33. The van der Waals surface area contributed by atoms with Gasteiger partial charge in [-0.15, -0.1) is 0 Å². The standard InChI is InChI=1S/C23H31N5O2/c1-14(2)9-10-26-21(29)19-20(25(6)23(26)30)24-22-27(12-15(3)13-28(19)22)18-8-7-16(4)17(5)11-18/h7-8,11,14-15H,9-10,12-13H2,1-6H3/t15-/m0/s1. The lowest BCUT2D eigenvalue weighted by atomic mass is 10.1. The molecule has 0 radical (unpaired) electrons. The van der Waals surface area contributed by atoms with Gasteiger partial charge >= 0.3 is 5.69 Å². The van der Waals surface area contributed by atoms with Crippen molar-refractivity contribution in [3.8, 4) is 0 Å². The summed E-state index contributed by atoms with van der Waals surface area (Å²) in [5.41, 5.74) is 3.98. The molecular formula is C23H31N5O2. The molecule has 1 aliphatic heterocycles. The van der Waals surface area contributed by atoms with Crippen LogP contribution in [0.2, 0.25) is 0 Å². The summed E-state index contributed by atoms with van der Waals surface area (Å²) in [5, 5.41) is 0. The Balaban J connectivity index is 1.94. The number of hydrogen-bond acceptors (Lipinski definition) is 4. The number of fused-ring (bicyclic) bond motifs is 3. The van der Waals surface area contributed by atoms with Crippen molar-refractivity contribution in [1.82, 2.24) is 18.7 Å². The van der Waals surface area contributed by atoms with Crippen molar-refractivity contribution in [2.24, 2.45) is 18.9 Å². The van der Waals surface area contributed by atoms with Crippen LogP contribution in [0.5, 0.6) is 0 Å². The second-order valence-corrected chi connectivity index (χ2v) is 9.16. The zero-order chi connectivity index (χ0) is 21.7. The van der Waals surface area contributed by atoms with Crippen LogP contribution in [0, 0.1) is 25.7 Å². The molecule has 1 aliphatic rings. The van der Waals surface area contributed by atoms with Crippen LogP contribution in [0.3, 0.4) is 0 Å². The van der Waals surface area contributed by atoms with E-state index in [4.69, 9.17) is 4.98 Å². The number of benzene rings is 1. The molecule has 0 aliphatic carbocycles. The van der Waals surface area contributed by atoms with Gasteiger partial charge in [0.05, 0.1) is 0 Å². The van der Waals surface area contributed by atoms with E-state index in [1.54, 1.807) is 7.05 Å². The topological polar surface area (TPSA) is 65.1 Å². The Morgan fingerprint density at radius 1 is 1.13 bits per heavy atom. The third-order valence-corrected chi connectivity index (χ3v) is 6.17. The fourth-order valence-corrected chi connectivity index (χ4v) is 4.20. The second-order valence-electron chi connectivity index (χ2n) is 9.16. The van der Waals surface area contributed by atoms with Crippen molar-refractivity contribution in [1.29, 1.82) is 0 Å². The molecule has 7 nitrogen and oxygen atoms in total. The van der Waals surface area contributed by atoms with E-state index in [1.807, 2.05) is 4.57 Å². The predicted molar refractivity (Wildman–Crippen MR) is 121 cm³/mol. The Morgan fingerprint density at radius 2 is 1.87 bits per heavy atom. The Kier molecular flexibility index (Phi) is 5.08. The molecule has 4 rings (SSSR count). The van der Waals surface area contributed by atoms with Crippen molar-refractivity contribution in [2.45, 2.75) is 54.1 Å². The lowest BCUT2D eigenvalue weighted by molar-refractivity contribution is 0.455. The first kappa shape index (κ1) is 20.4. The van der Waals surface area contributed by atoms with E-state index in [2.05, 4.69) is 57.7 Å². The van der Waals surface area contributed by atoms with Crippen LogP contribution in [0.25, 0.3) is 11.2 Å². The molecule has 0 amide bonds. The Morgan fingerprint density at radius 3 is 2.53 bits per heavy atom. The van der Waals surface area contributed by atoms with Crippen LogP contribution < -0.4 is 16.1 Å². The van der Waals surface area contributed by atoms with E-state index in [-0.39, 0.29) is 11.2 Å². The van der Waals surface area contributed by atoms with Gasteiger partial charge in [-0.3, -0.25) is 13.9 Å². The number of imidazole rings is 1. The second kappa shape index (κ2) is 7.45. The maximum Gasteiger partial charge on any atom is 0.332 e. The molecule has 0 N–H and O–H groups in total. The van der Waals surface area contributed by atoms with Crippen molar-refractivity contribution in [3.63, 3.8) is 0 Å². The highest BCUT2D eigenvalue weighted by molar-refractivity contribution is 5.77. The normalized spacial score (nSPS) is 16.5. The smallest absolute Gasteiger partial charge is 0.312 e. The summed E-state index contributed by atoms with van der Waals surface area (Å²) in [5.74, 6) is 1.49. The fraction of sp³-hybridized carbons (Fsp3) is 0.522. The molecule has 30 heavy (non-hydrogen) atoms. The fourth-order valence-electron chi connectivity index (χ4n) is 4.20. The van der Waals surface area contributed by atoms with Crippen molar-refractivity contribution < 1.29 is 0 Å². The van der Waals surface area contributed by atoms with E-state index in [1.165, 1.54) is 20.3 Å². The third kappa shape index (κ3) is 3.26. The zero-order valence-corrected chi connectivity index (χ0v) is 18.8. The van der Waals surface area contributed by atoms with Gasteiger partial charge in [-0.05, 0) is 55.4 Å². The first-order valence-corrected chi connectivity index (χ1v) is 10.7. The maximum atomic E-state index is 13.4. The van der Waals surface area contributed by atoms with Gasteiger partial charge in [0.1, 0.15) is 0 Å². The van der Waals surface area contributed by atoms with E-state index >= 15 is 0 Å². The highest BCUT2D eigenvalue weighted by atomic mass is 16.2. The maximum absolute atomic E-state index is 13.4. The first-order valence-electron chi connectivity index (χ1n) is 10.7. The van der Waals surface area contributed by atoms with Crippen molar-refractivity contribution in [3.05, 3.63) is 50.2 Å². The number of nitrogens with zero attached hydrogens (tertiary/aromatic N) is 5. The molecule has 1 aromatic carbocycles. The highest BCUT2D eigenvalue weighted by Gasteiger charge is 2.30. The molecule has 3 aromatic rings. The van der Waals surface area contributed by atoms with E-state index in [0.717, 1.165) is 24.6 Å². The summed E-state index contributed by atoms with van der Waals surface area (Å²) < 4.78 is 4.90. The minimum atomic E-state index is -0.297. The van der Waals surface area contributed by atoms with Gasteiger partial charge in [0.25, 0.3) is 5.56 Å². The summed E-state index contributed by atoms with van der Waals surface area (Å²) in [7, 11) is 1.71. The molecule has 0 spiro atoms. The quantitative estimate of drug-likeness (QED) is 0.663. The van der Waals surface area contributed by atoms with Crippen LogP contribution >= 0.6 is 0 Å². The highest BCUT2D eigenvalue weighted by Crippen LogP contribution is 2.33. The van der Waals surface area contributed by atoms with Crippen LogP contribution in [0.15, 0.2) is 27.8 Å². The van der Waals surface area contributed by atoms with Gasteiger partial charge in [0.2, 0.25) is 5.95 Å². The molecule has 0 bridgehead atoms. The average molecular weight is 410 g/mol. The van der Waals surface area contributed by atoms with E-state index in [9.17, 15) is 9.59 Å². The molecule has 0 fully saturated rings. The van der Waals surface area contributed by atoms with Crippen LogP contribution in [-0.4, -0.2) is 25.2 Å². The summed E-state index contributed by atoms with van der Waals surface area (Å²) in [6, 6.07) is 6.38. The molecule has 0 saturated carbocycles. The monoisotopic (exact) mass is 409 g/mol. The number of anilines is 2. The van der Waals surface area contributed by atoms with E-state index in [0.29, 0.717) is 36.1 Å². The molecular weight excluding hydrogens is 378 g/mol. The zero-order valence-electron chi connectivity index (χ0n) is 18.8. The Labute approximate surface area is 176 Å². The number of aryl methyl sites for hydroxylation is 3. The molecule has 0 saturated heterocycles. The van der Waals surface area contributed by atoms with Crippen LogP contribution in [0.1, 0.15) is 38.3 Å². The van der Waals surface area contributed by atoms with Crippen molar-refractivity contribution in [2.75, 3.05) is 11.4 Å². The molecule has 1 atom stereocenters. The summed E-state index contributed by atoms with van der Waals surface area (Å²) in [6.07, 6.45) is 0.785. The predicted octanol–water partition coefficient (Wildman–Crippen LogP) is 3.35. The molecule has 160 valence electrons. The minimum absolute atomic E-state index is 0.235. The summed E-state index contributed by atoms with van der Waals surface area (Å²) in [6.45, 7) is 12.5. The van der Waals surface area contributed by atoms with Gasteiger partial charge < -0.3 is 9.47 Å². The Bertz CT molecular complexity index is 1230.